The zero-order chi connectivity index (χ0) is 43.8. The molecule has 0 saturated heterocycles. The number of phenols is 2. The van der Waals surface area contributed by atoms with Gasteiger partial charge < -0.3 is 10.2 Å². The van der Waals surface area contributed by atoms with Gasteiger partial charge >= 0.3 is 0 Å². The molecule has 0 aliphatic heterocycles. The number of aromatic hydroxyl groups is 2. The second-order valence-electron chi connectivity index (χ2n) is 17.6. The first-order valence-corrected chi connectivity index (χ1v) is 21.0. The molecule has 1 heterocycles. The number of aromatic nitrogens is 1. The van der Waals surface area contributed by atoms with Crippen LogP contribution < -0.4 is 0 Å². The summed E-state index contributed by atoms with van der Waals surface area (Å²) >= 11 is 0. The quantitative estimate of drug-likeness (QED) is 0.118. The molecule has 0 radical (unpaired) electrons. The number of rotatable bonds is 8. The van der Waals surface area contributed by atoms with Gasteiger partial charge in [0, 0.05) is 59.2 Å². The van der Waals surface area contributed by atoms with Crippen molar-refractivity contribution in [2.45, 2.75) is 80.1 Å². The van der Waals surface area contributed by atoms with E-state index in [2.05, 4.69) is 132 Å². The predicted molar refractivity (Wildman–Crippen MR) is 256 cm³/mol. The molecule has 2 N–H and O–H groups in total. The van der Waals surface area contributed by atoms with Crippen molar-refractivity contribution in [1.82, 2.24) is 4.98 Å². The molecule has 0 bridgehead atoms. The molecule has 4 heteroatoms. The van der Waals surface area contributed by atoms with Gasteiger partial charge in [-0.3, -0.25) is 0 Å². The first kappa shape index (κ1) is 48.3. The van der Waals surface area contributed by atoms with Gasteiger partial charge in [-0.05, 0) is 83.0 Å². The summed E-state index contributed by atoms with van der Waals surface area (Å²) in [6.07, 6.45) is 0. The first-order valence-electron chi connectivity index (χ1n) is 21.0. The van der Waals surface area contributed by atoms with E-state index < -0.39 is 0 Å². The summed E-state index contributed by atoms with van der Waals surface area (Å²) in [6.45, 7) is 29.2. The van der Waals surface area contributed by atoms with Gasteiger partial charge in [-0.25, -0.2) is 4.98 Å². The predicted octanol–water partition coefficient (Wildman–Crippen LogP) is 15.4. The van der Waals surface area contributed by atoms with Crippen LogP contribution in [0, 0.1) is 39.5 Å². The molecule has 0 spiro atoms. The minimum atomic E-state index is -0.201. The van der Waals surface area contributed by atoms with Crippen molar-refractivity contribution in [2.75, 3.05) is 0 Å². The summed E-state index contributed by atoms with van der Waals surface area (Å²) < 4.78 is 0. The van der Waals surface area contributed by atoms with Crippen LogP contribution in [0.2, 0.25) is 0 Å². The third-order valence-corrected chi connectivity index (χ3v) is 12.2. The summed E-state index contributed by atoms with van der Waals surface area (Å²) in [7, 11) is 0. The smallest absolute Gasteiger partial charge is 0.127 e. The fourth-order valence-corrected chi connectivity index (χ4v) is 7.15. The van der Waals surface area contributed by atoms with Gasteiger partial charge in [0.1, 0.15) is 11.5 Å². The summed E-state index contributed by atoms with van der Waals surface area (Å²) in [4.78, 5) is 5.23. The number of phenolic OH excluding ortho intramolecular Hbond substituents is 2. The van der Waals surface area contributed by atoms with Crippen LogP contribution in [-0.4, -0.2) is 15.2 Å². The average Bonchev–Trinajstić information content (AvgIpc) is 3.23. The molecule has 0 aliphatic carbocycles. The Balaban J connectivity index is 0.000000460. The van der Waals surface area contributed by atoms with Crippen LogP contribution in [0.25, 0.3) is 44.8 Å². The minimum Gasteiger partial charge on any atom is -0.507 e. The van der Waals surface area contributed by atoms with Gasteiger partial charge in [-0.1, -0.05) is 134 Å². The molecule has 0 aliphatic rings. The van der Waals surface area contributed by atoms with Crippen molar-refractivity contribution in [3.63, 3.8) is 0 Å². The normalized spacial score (nSPS) is 11.2. The van der Waals surface area contributed by atoms with Gasteiger partial charge in [0.2, 0.25) is 0 Å². The van der Waals surface area contributed by atoms with E-state index in [9.17, 15) is 10.2 Å². The van der Waals surface area contributed by atoms with E-state index in [4.69, 9.17) is 4.98 Å². The number of benzene rings is 6. The van der Waals surface area contributed by atoms with Crippen LogP contribution in [0.1, 0.15) is 88.8 Å². The Morgan fingerprint density at radius 1 is 0.426 bits per heavy atom. The molecule has 1 aromatic heterocycles. The van der Waals surface area contributed by atoms with E-state index in [0.29, 0.717) is 23.3 Å². The van der Waals surface area contributed by atoms with E-state index in [1.807, 2.05) is 103 Å². The Kier molecular flexibility index (Phi) is 16.6. The number of pyridine rings is 1. The molecule has 314 valence electrons. The van der Waals surface area contributed by atoms with Crippen LogP contribution >= 0.6 is 0 Å². The van der Waals surface area contributed by atoms with E-state index >= 15 is 0 Å². The van der Waals surface area contributed by atoms with Crippen molar-refractivity contribution in [1.29, 1.82) is 0 Å². The van der Waals surface area contributed by atoms with Crippen LogP contribution in [0.15, 0.2) is 152 Å². The van der Waals surface area contributed by atoms with E-state index in [0.717, 1.165) is 78.1 Å². The molecular weight excluding hydrogens is 909 g/mol. The topological polar surface area (TPSA) is 53.4 Å². The first-order chi connectivity index (χ1) is 28.4. The molecule has 0 amide bonds. The largest absolute Gasteiger partial charge is 0.507 e. The molecule has 7 rings (SSSR count). The maximum absolute atomic E-state index is 11.7. The molecule has 61 heavy (non-hydrogen) atoms. The Bertz CT molecular complexity index is 2330. The van der Waals surface area contributed by atoms with Crippen LogP contribution in [0.3, 0.4) is 0 Å². The zero-order valence-electron chi connectivity index (χ0n) is 37.8. The maximum Gasteiger partial charge on any atom is 0.127 e. The SMILES string of the molecule is Cc1cc(-c2ccccc2-c2cccc(-c3ccccc3-c3cc(C)cc(C(C)(C)C(C)C)c3O)n2)c(O)c(C(C)(C)C(C)C)c1.[CH2-]c1ccccc1.[CH2-]c1ccccc1.[Hf]. The third-order valence-electron chi connectivity index (χ3n) is 12.2. The van der Waals surface area contributed by atoms with Crippen molar-refractivity contribution < 1.29 is 36.1 Å². The maximum atomic E-state index is 11.7. The summed E-state index contributed by atoms with van der Waals surface area (Å²) in [6, 6.07) is 50.6. The fraction of sp³-hybridized carbons (Fsp3) is 0.246. The second kappa shape index (κ2) is 21.0. The Morgan fingerprint density at radius 3 is 1.03 bits per heavy atom. The third kappa shape index (κ3) is 11.5. The van der Waals surface area contributed by atoms with Crippen molar-refractivity contribution in [3.8, 4) is 56.3 Å². The molecule has 0 unspecified atom stereocenters. The zero-order valence-corrected chi connectivity index (χ0v) is 41.4. The van der Waals surface area contributed by atoms with Crippen LogP contribution in [0.4, 0.5) is 0 Å². The van der Waals surface area contributed by atoms with Crippen molar-refractivity contribution >= 4 is 0 Å². The van der Waals surface area contributed by atoms with Gasteiger partial charge in [-0.2, -0.15) is 49.2 Å². The van der Waals surface area contributed by atoms with Gasteiger partial charge in [0.05, 0.1) is 11.4 Å². The number of hydrogen-bond donors (Lipinski definition) is 2. The molecule has 7 aromatic rings. The standard InChI is InChI=1S/C43H49NO2.2C7H7.Hf/c1-26(2)42(7,8)36-24-28(5)22-34(40(36)45)30-16-11-13-18-32(30)38-20-15-21-39(44-38)33-19-14-12-17-31(33)35-23-29(6)25-37(41(35)46)43(9,10)27(3)4;2*1-7-5-3-2-4-6-7;/h11-27,45-46H,1-10H3;2*2-6H,1H2;/q;2*-1;. The average molecular weight is 973 g/mol. The monoisotopic (exact) mass is 973 g/mol. The number of hydrogen-bond acceptors (Lipinski definition) is 3. The van der Waals surface area contributed by atoms with Crippen LogP contribution in [-0.2, 0) is 36.7 Å². The number of nitrogens with zero attached hydrogens (tertiary/aromatic N) is 1. The van der Waals surface area contributed by atoms with Gasteiger partial charge in [0.25, 0.3) is 0 Å². The molecular formula is C57H63HfNO2-2. The Labute approximate surface area is 385 Å². The van der Waals surface area contributed by atoms with E-state index in [1.165, 1.54) is 0 Å². The van der Waals surface area contributed by atoms with Crippen molar-refractivity contribution in [2.24, 2.45) is 11.8 Å². The fourth-order valence-electron chi connectivity index (χ4n) is 7.15. The Hall–Kier alpha value is -5.32. The second-order valence-corrected chi connectivity index (χ2v) is 17.6. The van der Waals surface area contributed by atoms with E-state index in [1.54, 1.807) is 0 Å². The summed E-state index contributed by atoms with van der Waals surface area (Å²) in [5.41, 5.74) is 13.0. The molecule has 6 aromatic carbocycles. The minimum absolute atomic E-state index is 0. The molecule has 0 atom stereocenters. The van der Waals surface area contributed by atoms with Gasteiger partial charge in [-0.15, -0.1) is 24.3 Å². The molecule has 0 saturated carbocycles. The van der Waals surface area contributed by atoms with Crippen LogP contribution in [0.5, 0.6) is 11.5 Å². The number of aryl methyl sites for hydroxylation is 2. The summed E-state index contributed by atoms with van der Waals surface area (Å²) in [5.74, 6) is 1.35. The van der Waals surface area contributed by atoms with E-state index in [-0.39, 0.29) is 36.7 Å². The Morgan fingerprint density at radius 2 is 0.738 bits per heavy atom. The summed E-state index contributed by atoms with van der Waals surface area (Å²) in [5, 5.41) is 23.5. The van der Waals surface area contributed by atoms with Crippen molar-refractivity contribution in [3.05, 3.63) is 199 Å². The molecule has 3 nitrogen and oxygen atoms in total. The van der Waals surface area contributed by atoms with Gasteiger partial charge in [0.15, 0.2) is 0 Å². The molecule has 0 fully saturated rings.